The molecular formula is C29H28ClN7O3. The molecule has 0 radical (unpaired) electrons. The highest BCUT2D eigenvalue weighted by Gasteiger charge is 2.35. The average molecular weight is 558 g/mol. The van der Waals surface area contributed by atoms with Crippen LogP contribution in [0.4, 0.5) is 11.8 Å². The van der Waals surface area contributed by atoms with E-state index in [0.29, 0.717) is 39.4 Å². The van der Waals surface area contributed by atoms with E-state index in [1.807, 2.05) is 43.3 Å². The first kappa shape index (κ1) is 27.2. The molecule has 4 aromatic rings. The lowest BCUT2D eigenvalue weighted by molar-refractivity contribution is -0.126. The fraction of sp³-hybridized carbons (Fsp3) is 0.241. The molecule has 0 fully saturated rings. The lowest BCUT2D eigenvalue weighted by Crippen LogP contribution is -2.46. The van der Waals surface area contributed by atoms with Gasteiger partial charge in [-0.1, -0.05) is 53.6 Å². The Bertz CT molecular complexity index is 1600. The number of carbonyl (C=O) groups excluding carboxylic acids is 2. The van der Waals surface area contributed by atoms with Crippen LogP contribution in [0, 0.1) is 13.8 Å². The van der Waals surface area contributed by atoms with Crippen LogP contribution in [0.15, 0.2) is 60.9 Å². The number of rotatable bonds is 8. The number of nitrogens with one attached hydrogen (secondary N) is 2. The van der Waals surface area contributed by atoms with Crippen molar-refractivity contribution in [2.45, 2.75) is 39.4 Å². The number of fused-ring (bicyclic) bond motifs is 1. The van der Waals surface area contributed by atoms with E-state index in [9.17, 15) is 14.7 Å². The highest BCUT2D eigenvalue weighted by Crippen LogP contribution is 2.32. The molecule has 0 spiro atoms. The predicted molar refractivity (Wildman–Crippen MR) is 151 cm³/mol. The Balaban J connectivity index is 1.33. The van der Waals surface area contributed by atoms with E-state index in [4.69, 9.17) is 11.6 Å². The van der Waals surface area contributed by atoms with Gasteiger partial charge in [-0.2, -0.15) is 0 Å². The molecule has 2 atom stereocenters. The zero-order chi connectivity index (χ0) is 28.4. The molecule has 0 saturated heterocycles. The molecule has 204 valence electrons. The highest BCUT2D eigenvalue weighted by molar-refractivity contribution is 6.33. The Morgan fingerprint density at radius 1 is 1.12 bits per heavy atom. The van der Waals surface area contributed by atoms with Crippen LogP contribution in [0.2, 0.25) is 5.02 Å². The van der Waals surface area contributed by atoms with Gasteiger partial charge in [-0.05, 0) is 44.0 Å². The zero-order valence-electron chi connectivity index (χ0n) is 22.2. The molecule has 2 unspecified atom stereocenters. The smallest absolute Gasteiger partial charge is 0.255 e. The van der Waals surface area contributed by atoms with Crippen LogP contribution in [0.5, 0.6) is 0 Å². The summed E-state index contributed by atoms with van der Waals surface area (Å²) in [6, 6.07) is 13.4. The third-order valence-corrected chi connectivity index (χ3v) is 7.04. The van der Waals surface area contributed by atoms with Crippen molar-refractivity contribution in [3.8, 4) is 11.3 Å². The summed E-state index contributed by atoms with van der Waals surface area (Å²) >= 11 is 6.44. The summed E-state index contributed by atoms with van der Waals surface area (Å²) in [5, 5.41) is 16.2. The van der Waals surface area contributed by atoms with Crippen LogP contribution in [-0.2, 0) is 11.3 Å². The molecule has 2 amide bonds. The Morgan fingerprint density at radius 2 is 1.95 bits per heavy atom. The molecule has 11 heteroatoms. The van der Waals surface area contributed by atoms with Gasteiger partial charge in [0.05, 0.1) is 29.6 Å². The van der Waals surface area contributed by atoms with Crippen molar-refractivity contribution >= 4 is 35.2 Å². The van der Waals surface area contributed by atoms with Crippen LogP contribution in [0.3, 0.4) is 0 Å². The van der Waals surface area contributed by atoms with Crippen molar-refractivity contribution in [1.29, 1.82) is 0 Å². The Morgan fingerprint density at radius 3 is 2.70 bits per heavy atom. The maximum Gasteiger partial charge on any atom is 0.255 e. The van der Waals surface area contributed by atoms with Gasteiger partial charge in [0, 0.05) is 23.9 Å². The molecule has 0 aliphatic carbocycles. The maximum atomic E-state index is 13.4. The van der Waals surface area contributed by atoms with Crippen LogP contribution in [0.25, 0.3) is 11.3 Å². The van der Waals surface area contributed by atoms with Crippen LogP contribution in [-0.4, -0.2) is 54.4 Å². The summed E-state index contributed by atoms with van der Waals surface area (Å²) < 4.78 is 0. The minimum atomic E-state index is -0.753. The molecule has 5 rings (SSSR count). The molecule has 1 aliphatic rings. The minimum Gasteiger partial charge on any atom is -0.394 e. The van der Waals surface area contributed by atoms with Gasteiger partial charge >= 0.3 is 0 Å². The first-order chi connectivity index (χ1) is 19.2. The molecule has 0 bridgehead atoms. The Kier molecular flexibility index (Phi) is 7.72. The van der Waals surface area contributed by atoms with Crippen LogP contribution in [0.1, 0.15) is 45.8 Å². The number of halogens is 1. The largest absolute Gasteiger partial charge is 0.394 e. The number of aromatic nitrogens is 4. The molecule has 3 heterocycles. The van der Waals surface area contributed by atoms with Gasteiger partial charge in [0.1, 0.15) is 17.7 Å². The number of aryl methyl sites for hydroxylation is 2. The van der Waals surface area contributed by atoms with Gasteiger partial charge in [0.25, 0.3) is 5.91 Å². The molecule has 40 heavy (non-hydrogen) atoms. The summed E-state index contributed by atoms with van der Waals surface area (Å²) in [4.78, 5) is 45.2. The quantitative estimate of drug-likeness (QED) is 0.294. The second-order valence-corrected chi connectivity index (χ2v) is 10.1. The maximum absolute atomic E-state index is 13.4. The van der Waals surface area contributed by atoms with Crippen molar-refractivity contribution in [3.05, 3.63) is 94.0 Å². The van der Waals surface area contributed by atoms with Gasteiger partial charge in [0.2, 0.25) is 11.9 Å². The van der Waals surface area contributed by atoms with Crippen LogP contribution >= 0.6 is 11.6 Å². The Hall–Kier alpha value is -4.41. The zero-order valence-corrected chi connectivity index (χ0v) is 23.0. The van der Waals surface area contributed by atoms with Gasteiger partial charge in [-0.25, -0.2) is 19.9 Å². The third kappa shape index (κ3) is 5.63. The fourth-order valence-corrected chi connectivity index (χ4v) is 4.81. The van der Waals surface area contributed by atoms with Crippen molar-refractivity contribution < 1.29 is 14.7 Å². The average Bonchev–Trinajstić information content (AvgIpc) is 3.27. The second kappa shape index (κ2) is 11.4. The van der Waals surface area contributed by atoms with E-state index < -0.39 is 12.1 Å². The number of aliphatic hydroxyl groups is 1. The van der Waals surface area contributed by atoms with Gasteiger partial charge in [0.15, 0.2) is 0 Å². The fourth-order valence-electron chi connectivity index (χ4n) is 4.61. The number of benzene rings is 2. The number of carbonyl (C=O) groups is 2. The van der Waals surface area contributed by atoms with Gasteiger partial charge in [-0.15, -0.1) is 0 Å². The normalized spacial score (nSPS) is 14.0. The topological polar surface area (TPSA) is 133 Å². The number of aliphatic hydroxyl groups excluding tert-OH is 1. The van der Waals surface area contributed by atoms with Gasteiger partial charge in [-0.3, -0.25) is 9.59 Å². The SMILES string of the molecule is Cc1cccc(C(CO)NC(=O)C(C)N2Cc3ccc(-c4nc(Nc5ccnc(C)n5)ncc4Cl)cc3C2=O)c1. The summed E-state index contributed by atoms with van der Waals surface area (Å²) in [6.45, 7) is 5.44. The van der Waals surface area contributed by atoms with Gasteiger partial charge < -0.3 is 20.6 Å². The molecule has 2 aromatic heterocycles. The minimum absolute atomic E-state index is 0.257. The first-order valence-corrected chi connectivity index (χ1v) is 13.1. The highest BCUT2D eigenvalue weighted by atomic mass is 35.5. The van der Waals surface area contributed by atoms with E-state index >= 15 is 0 Å². The van der Waals surface area contributed by atoms with Crippen LogP contribution < -0.4 is 10.6 Å². The summed E-state index contributed by atoms with van der Waals surface area (Å²) in [5.74, 6) is 0.819. The second-order valence-electron chi connectivity index (χ2n) is 9.64. The molecule has 0 saturated carbocycles. The lowest BCUT2D eigenvalue weighted by atomic mass is 10.0. The molecule has 1 aliphatic heterocycles. The monoisotopic (exact) mass is 557 g/mol. The molecular weight excluding hydrogens is 530 g/mol. The standard InChI is InChI=1S/C29H28ClN7O3/c1-16-5-4-6-19(11-16)24(15-38)34-27(39)17(2)37-14-21-8-7-20(12-22(21)28(37)40)26-23(30)13-32-29(36-26)35-25-9-10-31-18(3)33-25/h4-13,17,24,38H,14-15H2,1-3H3,(H,34,39)(H,31,32,33,35,36). The summed E-state index contributed by atoms with van der Waals surface area (Å²) in [7, 11) is 0. The molecule has 2 aromatic carbocycles. The molecule has 3 N–H and O–H groups in total. The number of nitrogens with zero attached hydrogens (tertiary/aromatic N) is 5. The number of hydrogen-bond donors (Lipinski definition) is 3. The summed E-state index contributed by atoms with van der Waals surface area (Å²) in [6.07, 6.45) is 3.12. The number of anilines is 2. The van der Waals surface area contributed by atoms with Crippen molar-refractivity contribution in [2.24, 2.45) is 0 Å². The first-order valence-electron chi connectivity index (χ1n) is 12.7. The van der Waals surface area contributed by atoms with E-state index in [1.165, 1.54) is 11.1 Å². The van der Waals surface area contributed by atoms with E-state index in [-0.39, 0.29) is 25.0 Å². The lowest BCUT2D eigenvalue weighted by Gasteiger charge is -2.26. The third-order valence-electron chi connectivity index (χ3n) is 6.77. The van der Waals surface area contributed by atoms with E-state index in [1.54, 1.807) is 32.2 Å². The predicted octanol–water partition coefficient (Wildman–Crippen LogP) is 4.14. The Labute approximate surface area is 236 Å². The van der Waals surface area contributed by atoms with E-state index in [0.717, 1.165) is 16.7 Å². The van der Waals surface area contributed by atoms with Crippen molar-refractivity contribution in [3.63, 3.8) is 0 Å². The summed E-state index contributed by atoms with van der Waals surface area (Å²) in [5.41, 5.74) is 4.19. The van der Waals surface area contributed by atoms with Crippen molar-refractivity contribution in [2.75, 3.05) is 11.9 Å². The number of hydrogen-bond acceptors (Lipinski definition) is 8. The molecule has 10 nitrogen and oxygen atoms in total. The van der Waals surface area contributed by atoms with Crippen molar-refractivity contribution in [1.82, 2.24) is 30.2 Å². The number of amides is 2. The van der Waals surface area contributed by atoms with E-state index in [2.05, 4.69) is 30.6 Å².